The van der Waals surface area contributed by atoms with Crippen LogP contribution in [0.5, 0.6) is 0 Å². The average molecular weight is 338 g/mol. The fourth-order valence-electron chi connectivity index (χ4n) is 3.56. The maximum atomic E-state index is 12.9. The Balaban J connectivity index is 1.46. The minimum Gasteiger partial charge on any atom is -0.346 e. The van der Waals surface area contributed by atoms with Crippen LogP contribution in [0.2, 0.25) is 0 Å². The molecule has 1 aromatic carbocycles. The van der Waals surface area contributed by atoms with Crippen LogP contribution < -0.4 is 0 Å². The minimum atomic E-state index is -0.232. The van der Waals surface area contributed by atoms with Crippen molar-refractivity contribution in [1.29, 1.82) is 0 Å². The molecule has 3 aromatic rings. The van der Waals surface area contributed by atoms with E-state index in [0.29, 0.717) is 12.4 Å². The molecule has 1 unspecified atom stereocenters. The molecule has 0 spiro atoms. The summed E-state index contributed by atoms with van der Waals surface area (Å²) in [4.78, 5) is 14.8. The van der Waals surface area contributed by atoms with Crippen LogP contribution in [0, 0.1) is 0 Å². The molecule has 4 rings (SSSR count). The summed E-state index contributed by atoms with van der Waals surface area (Å²) in [6.07, 6.45) is 4.92. The Morgan fingerprint density at radius 2 is 2.16 bits per heavy atom. The third-order valence-electron chi connectivity index (χ3n) is 5.01. The number of para-hydroxylation sites is 1. The first kappa shape index (κ1) is 15.8. The molecule has 0 fully saturated rings. The summed E-state index contributed by atoms with van der Waals surface area (Å²) < 4.78 is 3.97. The van der Waals surface area contributed by atoms with E-state index in [9.17, 15) is 4.79 Å². The topological polar surface area (TPSA) is 68.8 Å². The zero-order valence-corrected chi connectivity index (χ0v) is 14.4. The fourth-order valence-corrected chi connectivity index (χ4v) is 3.56. The van der Waals surface area contributed by atoms with Crippen LogP contribution in [0.25, 0.3) is 10.9 Å². The van der Waals surface area contributed by atoms with Crippen molar-refractivity contribution in [3.05, 3.63) is 42.4 Å². The molecule has 0 radical (unpaired) electrons. The van der Waals surface area contributed by atoms with Gasteiger partial charge in [0.05, 0.1) is 5.92 Å². The third-order valence-corrected chi connectivity index (χ3v) is 5.01. The molecule has 1 aliphatic rings. The molecule has 130 valence electrons. The molecular formula is C18H22N6O. The van der Waals surface area contributed by atoms with E-state index in [-0.39, 0.29) is 11.8 Å². The SMILES string of the molecule is CN(CCn1ccc2ccccc21)C(=O)C1CCCCn2nnnc21. The number of carbonyl (C=O) groups is 1. The van der Waals surface area contributed by atoms with Crippen molar-refractivity contribution in [3.63, 3.8) is 0 Å². The molecule has 0 saturated carbocycles. The molecule has 0 saturated heterocycles. The highest BCUT2D eigenvalue weighted by Gasteiger charge is 2.30. The van der Waals surface area contributed by atoms with E-state index in [1.54, 1.807) is 4.68 Å². The Morgan fingerprint density at radius 3 is 3.08 bits per heavy atom. The second kappa shape index (κ2) is 6.66. The van der Waals surface area contributed by atoms with Crippen molar-refractivity contribution >= 4 is 16.8 Å². The molecule has 3 heterocycles. The van der Waals surface area contributed by atoms with E-state index in [0.717, 1.165) is 32.4 Å². The molecule has 25 heavy (non-hydrogen) atoms. The highest BCUT2D eigenvalue weighted by atomic mass is 16.2. The number of benzene rings is 1. The van der Waals surface area contributed by atoms with E-state index in [2.05, 4.69) is 44.5 Å². The summed E-state index contributed by atoms with van der Waals surface area (Å²) in [5, 5.41) is 13.1. The van der Waals surface area contributed by atoms with Crippen molar-refractivity contribution in [2.75, 3.05) is 13.6 Å². The van der Waals surface area contributed by atoms with E-state index in [1.165, 1.54) is 10.9 Å². The van der Waals surface area contributed by atoms with E-state index in [4.69, 9.17) is 0 Å². The second-order valence-electron chi connectivity index (χ2n) is 6.64. The van der Waals surface area contributed by atoms with Gasteiger partial charge in [0.25, 0.3) is 0 Å². The van der Waals surface area contributed by atoms with Gasteiger partial charge in [0.15, 0.2) is 5.82 Å². The zero-order chi connectivity index (χ0) is 17.2. The predicted molar refractivity (Wildman–Crippen MR) is 94.0 cm³/mol. The van der Waals surface area contributed by atoms with Crippen molar-refractivity contribution in [1.82, 2.24) is 29.7 Å². The summed E-state index contributed by atoms with van der Waals surface area (Å²) in [5.74, 6) is 0.582. The lowest BCUT2D eigenvalue weighted by Gasteiger charge is -2.22. The summed E-state index contributed by atoms with van der Waals surface area (Å²) in [6, 6.07) is 10.4. The number of aryl methyl sites for hydroxylation is 1. The molecule has 0 bridgehead atoms. The number of rotatable bonds is 4. The summed E-state index contributed by atoms with van der Waals surface area (Å²) in [6.45, 7) is 2.23. The van der Waals surface area contributed by atoms with Crippen molar-refractivity contribution in [3.8, 4) is 0 Å². The number of fused-ring (bicyclic) bond motifs is 2. The smallest absolute Gasteiger partial charge is 0.233 e. The molecule has 0 N–H and O–H groups in total. The monoisotopic (exact) mass is 338 g/mol. The summed E-state index contributed by atoms with van der Waals surface area (Å²) >= 11 is 0. The molecule has 1 atom stereocenters. The lowest BCUT2D eigenvalue weighted by atomic mass is 10.0. The molecule has 1 amide bonds. The van der Waals surface area contributed by atoms with Gasteiger partial charge < -0.3 is 9.47 Å². The fraction of sp³-hybridized carbons (Fsp3) is 0.444. The van der Waals surface area contributed by atoms with Crippen LogP contribution in [-0.2, 0) is 17.9 Å². The van der Waals surface area contributed by atoms with Crippen molar-refractivity contribution in [2.24, 2.45) is 0 Å². The summed E-state index contributed by atoms with van der Waals surface area (Å²) in [5.41, 5.74) is 1.20. The maximum absolute atomic E-state index is 12.9. The van der Waals surface area contributed by atoms with Crippen LogP contribution in [0.4, 0.5) is 0 Å². The van der Waals surface area contributed by atoms with Crippen molar-refractivity contribution in [2.45, 2.75) is 38.3 Å². The van der Waals surface area contributed by atoms with Crippen LogP contribution in [0.3, 0.4) is 0 Å². The second-order valence-corrected chi connectivity index (χ2v) is 6.64. The maximum Gasteiger partial charge on any atom is 0.233 e. The lowest BCUT2D eigenvalue weighted by Crippen LogP contribution is -2.35. The first-order valence-electron chi connectivity index (χ1n) is 8.79. The molecule has 2 aromatic heterocycles. The van der Waals surface area contributed by atoms with Crippen LogP contribution in [0.15, 0.2) is 36.5 Å². The number of aromatic nitrogens is 5. The first-order valence-corrected chi connectivity index (χ1v) is 8.79. The largest absolute Gasteiger partial charge is 0.346 e. The van der Waals surface area contributed by atoms with Gasteiger partial charge in [-0.1, -0.05) is 24.6 Å². The van der Waals surface area contributed by atoms with Crippen LogP contribution in [0.1, 0.15) is 31.0 Å². The van der Waals surface area contributed by atoms with Gasteiger partial charge in [-0.3, -0.25) is 4.79 Å². The Morgan fingerprint density at radius 1 is 1.28 bits per heavy atom. The molecule has 7 nitrogen and oxygen atoms in total. The number of hydrogen-bond donors (Lipinski definition) is 0. The number of tetrazole rings is 1. The molecular weight excluding hydrogens is 316 g/mol. The normalized spacial score (nSPS) is 17.2. The Hall–Kier alpha value is -2.70. The van der Waals surface area contributed by atoms with Gasteiger partial charge >= 0.3 is 0 Å². The van der Waals surface area contributed by atoms with E-state index in [1.807, 2.05) is 24.1 Å². The molecule has 1 aliphatic heterocycles. The zero-order valence-electron chi connectivity index (χ0n) is 14.4. The van der Waals surface area contributed by atoms with Gasteiger partial charge in [-0.15, -0.1) is 5.10 Å². The Bertz CT molecular complexity index is 882. The highest BCUT2D eigenvalue weighted by molar-refractivity contribution is 5.83. The Labute approximate surface area is 146 Å². The van der Waals surface area contributed by atoms with Gasteiger partial charge in [0.2, 0.25) is 5.91 Å². The predicted octanol–water partition coefficient (Wildman–Crippen LogP) is 2.05. The average Bonchev–Trinajstić information content (AvgIpc) is 3.22. The van der Waals surface area contributed by atoms with Crippen LogP contribution >= 0.6 is 0 Å². The van der Waals surface area contributed by atoms with Crippen molar-refractivity contribution < 1.29 is 4.79 Å². The number of likely N-dealkylation sites (N-methyl/N-ethyl adjacent to an activating group) is 1. The lowest BCUT2D eigenvalue weighted by molar-refractivity contribution is -0.132. The quantitative estimate of drug-likeness (QED) is 0.730. The van der Waals surface area contributed by atoms with Gasteiger partial charge in [0, 0.05) is 38.4 Å². The number of carbonyl (C=O) groups excluding carboxylic acids is 1. The van der Waals surface area contributed by atoms with Gasteiger partial charge in [-0.05, 0) is 40.8 Å². The first-order chi connectivity index (χ1) is 12.2. The number of hydrogen-bond acceptors (Lipinski definition) is 4. The van der Waals surface area contributed by atoms with Gasteiger partial charge in [-0.2, -0.15) is 0 Å². The van der Waals surface area contributed by atoms with E-state index < -0.39 is 0 Å². The standard InChI is InChI=1S/C18H22N6O/c1-22(12-13-23-11-9-14-6-2-3-8-16(14)23)18(25)15-7-4-5-10-24-17(15)19-20-21-24/h2-3,6,8-9,11,15H,4-5,7,10,12-13H2,1H3. The minimum absolute atomic E-state index is 0.106. The molecule has 7 heteroatoms. The number of amides is 1. The number of nitrogens with zero attached hydrogens (tertiary/aromatic N) is 6. The Kier molecular flexibility index (Phi) is 4.21. The van der Waals surface area contributed by atoms with E-state index >= 15 is 0 Å². The van der Waals surface area contributed by atoms with Crippen LogP contribution in [-0.4, -0.2) is 49.2 Å². The highest BCUT2D eigenvalue weighted by Crippen LogP contribution is 2.25. The third kappa shape index (κ3) is 3.01. The summed E-state index contributed by atoms with van der Waals surface area (Å²) in [7, 11) is 1.87. The molecule has 0 aliphatic carbocycles. The van der Waals surface area contributed by atoms with Gasteiger partial charge in [0.1, 0.15) is 0 Å². The van der Waals surface area contributed by atoms with Gasteiger partial charge in [-0.25, -0.2) is 4.68 Å².